The van der Waals surface area contributed by atoms with Crippen LogP contribution in [0.1, 0.15) is 12.1 Å². The van der Waals surface area contributed by atoms with E-state index >= 15 is 0 Å². The fourth-order valence-corrected chi connectivity index (χ4v) is 0.877. The zero-order chi connectivity index (χ0) is 9.30. The lowest BCUT2D eigenvalue weighted by molar-refractivity contribution is 0.146. The molecule has 3 N–H and O–H groups in total. The van der Waals surface area contributed by atoms with Gasteiger partial charge in [0, 0.05) is 6.07 Å². The van der Waals surface area contributed by atoms with E-state index in [9.17, 15) is 13.6 Å². The van der Waals surface area contributed by atoms with Crippen LogP contribution in [0, 0.1) is 0 Å². The average molecular weight is 195 g/mol. The summed E-state index contributed by atoms with van der Waals surface area (Å²) in [5.74, 6) is 0. The number of hydrogen-bond acceptors (Lipinski definition) is 2. The van der Waals surface area contributed by atoms with Gasteiger partial charge in [-0.3, -0.25) is 4.79 Å². The minimum atomic E-state index is -2.75. The van der Waals surface area contributed by atoms with Crippen molar-refractivity contribution in [3.05, 3.63) is 27.1 Å². The van der Waals surface area contributed by atoms with E-state index in [1.165, 1.54) is 0 Å². The second-order valence-electron chi connectivity index (χ2n) is 2.12. The molecule has 0 fully saturated rings. The number of rotatable bonds is 1. The molecule has 66 valence electrons. The quantitative estimate of drug-likeness (QED) is 0.667. The van der Waals surface area contributed by atoms with E-state index in [-0.39, 0.29) is 10.8 Å². The van der Waals surface area contributed by atoms with E-state index in [1.54, 1.807) is 0 Å². The Morgan fingerprint density at radius 2 is 2.17 bits per heavy atom. The van der Waals surface area contributed by atoms with Gasteiger partial charge in [0.25, 0.3) is 6.43 Å². The zero-order valence-electron chi connectivity index (χ0n) is 5.77. The molecule has 1 rings (SSSR count). The van der Waals surface area contributed by atoms with Crippen LogP contribution in [0.25, 0.3) is 0 Å². The molecule has 12 heavy (non-hydrogen) atoms. The summed E-state index contributed by atoms with van der Waals surface area (Å²) in [6.45, 7) is 0. The molecule has 0 aromatic carbocycles. The molecule has 0 saturated heterocycles. The smallest absolute Gasteiger partial charge is 0.278 e. The maximum absolute atomic E-state index is 12.0. The van der Waals surface area contributed by atoms with Crippen molar-refractivity contribution in [1.82, 2.24) is 4.98 Å². The van der Waals surface area contributed by atoms with Crippen molar-refractivity contribution in [2.45, 2.75) is 6.43 Å². The molecule has 0 bridgehead atoms. The van der Waals surface area contributed by atoms with Crippen molar-refractivity contribution in [3.63, 3.8) is 0 Å². The van der Waals surface area contributed by atoms with Crippen molar-refractivity contribution >= 4 is 17.3 Å². The molecule has 0 aliphatic heterocycles. The van der Waals surface area contributed by atoms with Gasteiger partial charge in [0.05, 0.1) is 5.69 Å². The highest BCUT2D eigenvalue weighted by atomic mass is 35.5. The van der Waals surface area contributed by atoms with Crippen LogP contribution >= 0.6 is 11.6 Å². The van der Waals surface area contributed by atoms with Crippen LogP contribution in [0.4, 0.5) is 14.5 Å². The molecule has 0 aliphatic rings. The van der Waals surface area contributed by atoms with Crippen LogP contribution < -0.4 is 11.2 Å². The van der Waals surface area contributed by atoms with E-state index in [4.69, 9.17) is 17.3 Å². The molecule has 0 atom stereocenters. The predicted octanol–water partition coefficient (Wildman–Crippen LogP) is 1.55. The van der Waals surface area contributed by atoms with Gasteiger partial charge < -0.3 is 10.7 Å². The first kappa shape index (κ1) is 8.99. The molecular formula is C6H5ClF2N2O. The number of H-pyrrole nitrogens is 1. The topological polar surface area (TPSA) is 58.9 Å². The van der Waals surface area contributed by atoms with Gasteiger partial charge >= 0.3 is 0 Å². The minimum absolute atomic E-state index is 0.249. The first-order chi connectivity index (χ1) is 5.52. The number of pyridine rings is 1. The van der Waals surface area contributed by atoms with Crippen molar-refractivity contribution < 1.29 is 8.78 Å². The number of nitrogens with two attached hydrogens (primary N) is 1. The fourth-order valence-electron chi connectivity index (χ4n) is 0.675. The Morgan fingerprint density at radius 1 is 1.58 bits per heavy atom. The van der Waals surface area contributed by atoms with Crippen molar-refractivity contribution in [3.8, 4) is 0 Å². The molecule has 3 nitrogen and oxygen atoms in total. The predicted molar refractivity (Wildman–Crippen MR) is 41.4 cm³/mol. The van der Waals surface area contributed by atoms with Gasteiger partial charge in [-0.05, 0) is 0 Å². The lowest BCUT2D eigenvalue weighted by atomic mass is 10.3. The molecule has 6 heteroatoms. The van der Waals surface area contributed by atoms with Gasteiger partial charge in [0.15, 0.2) is 0 Å². The molecule has 0 saturated carbocycles. The number of aromatic nitrogens is 1. The number of aromatic amines is 1. The second-order valence-corrected chi connectivity index (χ2v) is 2.50. The Balaban J connectivity index is 3.31. The van der Waals surface area contributed by atoms with E-state index in [1.807, 2.05) is 0 Å². The maximum atomic E-state index is 12.0. The maximum Gasteiger partial charge on any atom is 0.278 e. The Bertz CT molecular complexity index is 350. The number of halogens is 3. The molecule has 0 spiro atoms. The lowest BCUT2D eigenvalue weighted by Crippen LogP contribution is -2.10. The molecule has 1 aromatic rings. The number of nitrogen functional groups attached to an aromatic ring is 1. The zero-order valence-corrected chi connectivity index (χ0v) is 6.53. The minimum Gasteiger partial charge on any atom is -0.393 e. The summed E-state index contributed by atoms with van der Waals surface area (Å²) >= 11 is 5.35. The Labute approximate surface area is 71.2 Å². The fraction of sp³-hybridized carbons (Fsp3) is 0.167. The normalized spacial score (nSPS) is 10.7. The SMILES string of the molecule is Nc1c(Cl)[nH]c(C(F)F)cc1=O. The summed E-state index contributed by atoms with van der Waals surface area (Å²) in [5, 5.41) is -0.252. The van der Waals surface area contributed by atoms with Crippen LogP contribution in [0.5, 0.6) is 0 Å². The van der Waals surface area contributed by atoms with Crippen LogP contribution in [0.15, 0.2) is 10.9 Å². The largest absolute Gasteiger partial charge is 0.393 e. The lowest BCUT2D eigenvalue weighted by Gasteiger charge is -2.01. The molecule has 1 heterocycles. The van der Waals surface area contributed by atoms with E-state index in [0.717, 1.165) is 6.07 Å². The third-order valence-electron chi connectivity index (χ3n) is 1.28. The Morgan fingerprint density at radius 3 is 2.58 bits per heavy atom. The first-order valence-electron chi connectivity index (χ1n) is 2.98. The molecule has 0 radical (unpaired) electrons. The van der Waals surface area contributed by atoms with E-state index < -0.39 is 17.5 Å². The molecule has 0 amide bonds. The summed E-state index contributed by atoms with van der Waals surface area (Å²) in [6, 6.07) is 0.728. The summed E-state index contributed by atoms with van der Waals surface area (Å²) in [5.41, 5.74) is 3.65. The monoisotopic (exact) mass is 194 g/mol. The number of anilines is 1. The van der Waals surface area contributed by atoms with E-state index in [2.05, 4.69) is 4.98 Å². The van der Waals surface area contributed by atoms with Gasteiger partial charge in [-0.1, -0.05) is 11.6 Å². The standard InChI is InChI=1S/C6H5ClF2N2O/c7-5-4(10)3(12)1-2(11-5)6(8)9/h1,6H,10H2,(H,11,12). The van der Waals surface area contributed by atoms with Crippen LogP contribution in [-0.2, 0) is 0 Å². The van der Waals surface area contributed by atoms with Gasteiger partial charge in [0.2, 0.25) is 5.43 Å². The number of nitrogens with one attached hydrogen (secondary N) is 1. The number of alkyl halides is 2. The van der Waals surface area contributed by atoms with Crippen molar-refractivity contribution in [2.75, 3.05) is 5.73 Å². The van der Waals surface area contributed by atoms with Crippen LogP contribution in [0.3, 0.4) is 0 Å². The van der Waals surface area contributed by atoms with Gasteiger partial charge in [-0.15, -0.1) is 0 Å². The number of hydrogen-bond donors (Lipinski definition) is 2. The molecule has 1 aromatic heterocycles. The average Bonchev–Trinajstić information content (AvgIpc) is 1.99. The van der Waals surface area contributed by atoms with Crippen LogP contribution in [-0.4, -0.2) is 4.98 Å². The summed E-state index contributed by atoms with van der Waals surface area (Å²) in [6.07, 6.45) is -2.75. The summed E-state index contributed by atoms with van der Waals surface area (Å²) < 4.78 is 24.0. The first-order valence-corrected chi connectivity index (χ1v) is 3.36. The van der Waals surface area contributed by atoms with Crippen molar-refractivity contribution in [2.24, 2.45) is 0 Å². The van der Waals surface area contributed by atoms with E-state index in [0.29, 0.717) is 0 Å². The third kappa shape index (κ3) is 1.55. The highest BCUT2D eigenvalue weighted by Gasteiger charge is 2.11. The summed E-state index contributed by atoms with van der Waals surface area (Å²) in [4.78, 5) is 12.9. The Hall–Kier alpha value is -1.10. The Kier molecular flexibility index (Phi) is 2.32. The van der Waals surface area contributed by atoms with Crippen molar-refractivity contribution in [1.29, 1.82) is 0 Å². The summed E-state index contributed by atoms with van der Waals surface area (Å²) in [7, 11) is 0. The second kappa shape index (κ2) is 3.10. The van der Waals surface area contributed by atoms with Gasteiger partial charge in [-0.2, -0.15) is 0 Å². The highest BCUT2D eigenvalue weighted by molar-refractivity contribution is 6.31. The molecular weight excluding hydrogens is 190 g/mol. The molecule has 0 unspecified atom stereocenters. The van der Waals surface area contributed by atoms with Gasteiger partial charge in [0.1, 0.15) is 10.8 Å². The van der Waals surface area contributed by atoms with Crippen LogP contribution in [0.2, 0.25) is 5.15 Å². The third-order valence-corrected chi connectivity index (χ3v) is 1.58. The highest BCUT2D eigenvalue weighted by Crippen LogP contribution is 2.18. The molecule has 0 aliphatic carbocycles. The van der Waals surface area contributed by atoms with Gasteiger partial charge in [-0.25, -0.2) is 8.78 Å².